The number of rotatable bonds is 2. The largest absolute Gasteiger partial charge is 0.483 e. The lowest BCUT2D eigenvalue weighted by Gasteiger charge is -2.25. The van der Waals surface area contributed by atoms with E-state index in [1.54, 1.807) is 6.08 Å². The number of carbonyl (C=O) groups excluding carboxylic acids is 1. The molecule has 0 aromatic heterocycles. The summed E-state index contributed by atoms with van der Waals surface area (Å²) >= 11 is 0. The molecule has 0 heterocycles. The summed E-state index contributed by atoms with van der Waals surface area (Å²) < 4.78 is 4.66. The highest BCUT2D eigenvalue weighted by atomic mass is 16.5. The van der Waals surface area contributed by atoms with E-state index in [0.717, 1.165) is 0 Å². The number of esters is 1. The Bertz CT molecular complexity index is 249. The quantitative estimate of drug-likeness (QED) is 0.489. The molecule has 0 amide bonds. The molecule has 2 atom stereocenters. The predicted octanol–water partition coefficient (Wildman–Crippen LogP) is 0.144. The van der Waals surface area contributed by atoms with E-state index >= 15 is 0 Å². The maximum atomic E-state index is 11.3. The zero-order chi connectivity index (χ0) is 10.7. The Kier molecular flexibility index (Phi) is 3.72. The molecule has 1 aliphatic carbocycles. The van der Waals surface area contributed by atoms with Crippen LogP contribution < -0.4 is 0 Å². The fraction of sp³-hybridized carbons (Fsp3) is 0.667. The van der Waals surface area contributed by atoms with Crippen molar-refractivity contribution in [1.82, 2.24) is 0 Å². The summed E-state index contributed by atoms with van der Waals surface area (Å²) in [6, 6.07) is 0. The van der Waals surface area contributed by atoms with Crippen LogP contribution in [0, 0.1) is 11.8 Å². The Labute approximate surface area is 83.7 Å². The smallest absolute Gasteiger partial charge is 0.469 e. The van der Waals surface area contributed by atoms with E-state index in [-0.39, 0.29) is 17.8 Å². The van der Waals surface area contributed by atoms with E-state index in [2.05, 4.69) is 4.74 Å². The molecule has 78 valence electrons. The maximum Gasteiger partial charge on any atom is 0.483 e. The molecule has 0 radical (unpaired) electrons. The third-order valence-electron chi connectivity index (χ3n) is 2.69. The lowest BCUT2D eigenvalue weighted by molar-refractivity contribution is -0.147. The van der Waals surface area contributed by atoms with Gasteiger partial charge in [-0.1, -0.05) is 13.0 Å². The lowest BCUT2D eigenvalue weighted by atomic mass is 9.68. The summed E-state index contributed by atoms with van der Waals surface area (Å²) in [6.45, 7) is 1.88. The third kappa shape index (κ3) is 2.36. The van der Waals surface area contributed by atoms with Crippen LogP contribution in [-0.4, -0.2) is 30.2 Å². The van der Waals surface area contributed by atoms with Gasteiger partial charge in [-0.05, 0) is 24.2 Å². The van der Waals surface area contributed by atoms with Gasteiger partial charge < -0.3 is 14.8 Å². The fourth-order valence-electron chi connectivity index (χ4n) is 1.82. The van der Waals surface area contributed by atoms with Gasteiger partial charge in [0.1, 0.15) is 0 Å². The SMILES string of the molecule is COC(=O)[C@H]1CCC(B(O)O)=C[C@H]1C. The zero-order valence-electron chi connectivity index (χ0n) is 8.43. The molecule has 0 unspecified atom stereocenters. The molecule has 0 bridgehead atoms. The Morgan fingerprint density at radius 2 is 2.29 bits per heavy atom. The van der Waals surface area contributed by atoms with Crippen molar-refractivity contribution in [2.45, 2.75) is 19.8 Å². The molecule has 1 rings (SSSR count). The van der Waals surface area contributed by atoms with Gasteiger partial charge in [0.05, 0.1) is 13.0 Å². The van der Waals surface area contributed by atoms with Crippen LogP contribution in [0.5, 0.6) is 0 Å². The van der Waals surface area contributed by atoms with Gasteiger partial charge in [0, 0.05) is 0 Å². The molecule has 0 fully saturated rings. The van der Waals surface area contributed by atoms with Crippen molar-refractivity contribution in [2.75, 3.05) is 7.11 Å². The standard InChI is InChI=1S/C9H15BO4/c1-6-5-7(10(12)13)3-4-8(6)9(11)14-2/h5-6,8,12-13H,3-4H2,1-2H3/t6-,8+/m1/s1. The van der Waals surface area contributed by atoms with Crippen molar-refractivity contribution < 1.29 is 19.6 Å². The Hall–Kier alpha value is -0.805. The fourth-order valence-corrected chi connectivity index (χ4v) is 1.82. The van der Waals surface area contributed by atoms with Gasteiger partial charge in [0.15, 0.2) is 0 Å². The minimum Gasteiger partial charge on any atom is -0.469 e. The lowest BCUT2D eigenvalue weighted by Crippen LogP contribution is -2.29. The number of carbonyl (C=O) groups is 1. The highest BCUT2D eigenvalue weighted by Crippen LogP contribution is 2.29. The predicted molar refractivity (Wildman–Crippen MR) is 52.2 cm³/mol. The van der Waals surface area contributed by atoms with E-state index in [0.29, 0.717) is 18.3 Å². The second kappa shape index (κ2) is 4.62. The van der Waals surface area contributed by atoms with E-state index in [4.69, 9.17) is 10.0 Å². The van der Waals surface area contributed by atoms with E-state index in [9.17, 15) is 4.79 Å². The van der Waals surface area contributed by atoms with Crippen molar-refractivity contribution in [3.05, 3.63) is 11.5 Å². The molecule has 5 heteroatoms. The zero-order valence-corrected chi connectivity index (χ0v) is 8.43. The van der Waals surface area contributed by atoms with Crippen molar-refractivity contribution in [3.8, 4) is 0 Å². The van der Waals surface area contributed by atoms with Crippen LogP contribution in [0.1, 0.15) is 19.8 Å². The molecule has 0 aliphatic heterocycles. The normalized spacial score (nSPS) is 26.7. The first-order valence-corrected chi connectivity index (χ1v) is 4.70. The van der Waals surface area contributed by atoms with Crippen molar-refractivity contribution in [1.29, 1.82) is 0 Å². The van der Waals surface area contributed by atoms with Gasteiger partial charge in [0.25, 0.3) is 0 Å². The number of ether oxygens (including phenoxy) is 1. The molecule has 4 nitrogen and oxygen atoms in total. The van der Waals surface area contributed by atoms with E-state index in [1.807, 2.05) is 6.92 Å². The van der Waals surface area contributed by atoms with Gasteiger partial charge in [-0.3, -0.25) is 4.79 Å². The molecule has 0 aromatic carbocycles. The first-order valence-electron chi connectivity index (χ1n) is 4.70. The van der Waals surface area contributed by atoms with Gasteiger partial charge >= 0.3 is 13.1 Å². The second-order valence-electron chi connectivity index (χ2n) is 3.64. The van der Waals surface area contributed by atoms with Crippen LogP contribution in [0.3, 0.4) is 0 Å². The molecular formula is C9H15BO4. The van der Waals surface area contributed by atoms with Crippen molar-refractivity contribution in [3.63, 3.8) is 0 Å². The molecule has 14 heavy (non-hydrogen) atoms. The molecular weight excluding hydrogens is 183 g/mol. The maximum absolute atomic E-state index is 11.3. The van der Waals surface area contributed by atoms with Gasteiger partial charge in [0.2, 0.25) is 0 Å². The average Bonchev–Trinajstić information content (AvgIpc) is 2.16. The highest BCUT2D eigenvalue weighted by molar-refractivity contribution is 6.50. The Morgan fingerprint density at radius 3 is 2.71 bits per heavy atom. The first-order chi connectivity index (χ1) is 6.56. The number of hydrogen-bond acceptors (Lipinski definition) is 4. The van der Waals surface area contributed by atoms with Crippen LogP contribution in [0.25, 0.3) is 0 Å². The molecule has 0 aromatic rings. The summed E-state index contributed by atoms with van der Waals surface area (Å²) in [4.78, 5) is 11.3. The van der Waals surface area contributed by atoms with E-state index in [1.165, 1.54) is 7.11 Å². The van der Waals surface area contributed by atoms with Gasteiger partial charge in [-0.25, -0.2) is 0 Å². The Balaban J connectivity index is 2.69. The third-order valence-corrected chi connectivity index (χ3v) is 2.69. The molecule has 0 spiro atoms. The summed E-state index contributed by atoms with van der Waals surface area (Å²) in [5, 5.41) is 17.9. The molecule has 1 aliphatic rings. The topological polar surface area (TPSA) is 66.8 Å². The van der Waals surface area contributed by atoms with E-state index < -0.39 is 7.12 Å². The number of hydrogen-bond donors (Lipinski definition) is 2. The van der Waals surface area contributed by atoms with Crippen molar-refractivity contribution >= 4 is 13.1 Å². The number of allylic oxidation sites excluding steroid dienone is 2. The van der Waals surface area contributed by atoms with Crippen LogP contribution in [-0.2, 0) is 9.53 Å². The summed E-state index contributed by atoms with van der Waals surface area (Å²) in [5.41, 5.74) is 0.595. The minimum absolute atomic E-state index is 0.00741. The summed E-state index contributed by atoms with van der Waals surface area (Å²) in [5.74, 6) is -0.365. The highest BCUT2D eigenvalue weighted by Gasteiger charge is 2.31. The second-order valence-corrected chi connectivity index (χ2v) is 3.64. The van der Waals surface area contributed by atoms with Gasteiger partial charge in [-0.15, -0.1) is 0 Å². The average molecular weight is 198 g/mol. The molecule has 0 saturated heterocycles. The van der Waals surface area contributed by atoms with Crippen LogP contribution >= 0.6 is 0 Å². The van der Waals surface area contributed by atoms with Gasteiger partial charge in [-0.2, -0.15) is 0 Å². The minimum atomic E-state index is -1.39. The van der Waals surface area contributed by atoms with Crippen molar-refractivity contribution in [2.24, 2.45) is 11.8 Å². The van der Waals surface area contributed by atoms with Crippen LogP contribution in [0.4, 0.5) is 0 Å². The molecule has 0 saturated carbocycles. The van der Waals surface area contributed by atoms with Crippen LogP contribution in [0.2, 0.25) is 0 Å². The summed E-state index contributed by atoms with van der Waals surface area (Å²) in [7, 11) is -0.0223. The first kappa shape index (κ1) is 11.3. The summed E-state index contributed by atoms with van der Waals surface area (Å²) in [6.07, 6.45) is 2.91. The Morgan fingerprint density at radius 1 is 1.64 bits per heavy atom. The monoisotopic (exact) mass is 198 g/mol. The number of methoxy groups -OCH3 is 1. The molecule has 2 N–H and O–H groups in total. The van der Waals surface area contributed by atoms with Crippen LogP contribution in [0.15, 0.2) is 11.5 Å².